The van der Waals surface area contributed by atoms with Gasteiger partial charge in [0.25, 0.3) is 0 Å². The summed E-state index contributed by atoms with van der Waals surface area (Å²) in [6.45, 7) is 4.73. The van der Waals surface area contributed by atoms with E-state index in [0.29, 0.717) is 6.04 Å². The smallest absolute Gasteiger partial charge is 0.0201 e. The molecule has 1 N–H and O–H groups in total. The highest BCUT2D eigenvalue weighted by Crippen LogP contribution is 2.45. The number of hydrogen-bond acceptors (Lipinski definition) is 2. The van der Waals surface area contributed by atoms with Gasteiger partial charge in [-0.2, -0.15) is 11.8 Å². The molecule has 2 saturated carbocycles. The SMILES string of the molecule is CCSC1CCCC1NC(C)C1CC2C=CC1C2. The Bertz CT molecular complexity index is 314. The summed E-state index contributed by atoms with van der Waals surface area (Å²) in [6, 6.07) is 1.50. The Kier molecular flexibility index (Phi) is 4.05. The Morgan fingerprint density at radius 1 is 1.28 bits per heavy atom. The molecule has 2 heteroatoms. The van der Waals surface area contributed by atoms with Crippen molar-refractivity contribution in [2.45, 2.75) is 63.3 Å². The second kappa shape index (κ2) is 5.58. The maximum absolute atomic E-state index is 3.99. The maximum atomic E-state index is 3.99. The summed E-state index contributed by atoms with van der Waals surface area (Å²) in [5.41, 5.74) is 0. The summed E-state index contributed by atoms with van der Waals surface area (Å²) in [6.07, 6.45) is 12.1. The minimum absolute atomic E-state index is 0.716. The summed E-state index contributed by atoms with van der Waals surface area (Å²) in [5, 5.41) is 4.87. The molecular formula is C16H27NS. The molecule has 3 aliphatic carbocycles. The normalized spacial score (nSPS) is 43.8. The predicted molar refractivity (Wildman–Crippen MR) is 81.0 cm³/mol. The van der Waals surface area contributed by atoms with Crippen molar-refractivity contribution in [3.8, 4) is 0 Å². The van der Waals surface area contributed by atoms with Gasteiger partial charge in [0.05, 0.1) is 0 Å². The fraction of sp³-hybridized carbons (Fsp3) is 0.875. The lowest BCUT2D eigenvalue weighted by molar-refractivity contribution is 0.302. The average molecular weight is 265 g/mol. The lowest BCUT2D eigenvalue weighted by Crippen LogP contribution is -2.44. The van der Waals surface area contributed by atoms with Gasteiger partial charge in [0, 0.05) is 17.3 Å². The molecule has 0 aliphatic heterocycles. The second-order valence-electron chi connectivity index (χ2n) is 6.43. The van der Waals surface area contributed by atoms with E-state index in [0.717, 1.165) is 29.0 Å². The Morgan fingerprint density at radius 3 is 2.83 bits per heavy atom. The van der Waals surface area contributed by atoms with Crippen LogP contribution < -0.4 is 5.32 Å². The maximum Gasteiger partial charge on any atom is 0.0201 e. The number of nitrogens with one attached hydrogen (secondary N) is 1. The minimum Gasteiger partial charge on any atom is -0.310 e. The third-order valence-corrected chi connectivity index (χ3v) is 6.61. The molecule has 0 spiro atoms. The quantitative estimate of drug-likeness (QED) is 0.758. The topological polar surface area (TPSA) is 12.0 Å². The fourth-order valence-electron chi connectivity index (χ4n) is 4.39. The Labute approximate surface area is 116 Å². The van der Waals surface area contributed by atoms with Crippen LogP contribution in [0.2, 0.25) is 0 Å². The van der Waals surface area contributed by atoms with Gasteiger partial charge < -0.3 is 5.32 Å². The Morgan fingerprint density at radius 2 is 2.17 bits per heavy atom. The molecule has 0 heterocycles. The van der Waals surface area contributed by atoms with Crippen molar-refractivity contribution in [3.05, 3.63) is 12.2 Å². The van der Waals surface area contributed by atoms with E-state index < -0.39 is 0 Å². The van der Waals surface area contributed by atoms with Crippen molar-refractivity contribution in [1.82, 2.24) is 5.32 Å². The summed E-state index contributed by atoms with van der Waals surface area (Å²) in [5.74, 6) is 3.98. The van der Waals surface area contributed by atoms with Crippen LogP contribution in [0.15, 0.2) is 12.2 Å². The van der Waals surface area contributed by atoms with Gasteiger partial charge in [-0.15, -0.1) is 0 Å². The third kappa shape index (κ3) is 2.51. The van der Waals surface area contributed by atoms with Crippen LogP contribution in [0.1, 0.15) is 46.0 Å². The van der Waals surface area contributed by atoms with Crippen LogP contribution in [0, 0.1) is 17.8 Å². The van der Waals surface area contributed by atoms with Gasteiger partial charge in [0.2, 0.25) is 0 Å². The van der Waals surface area contributed by atoms with E-state index in [2.05, 4.69) is 43.1 Å². The zero-order valence-electron chi connectivity index (χ0n) is 11.8. The standard InChI is InChI=1S/C16H27NS/c1-3-18-16-6-4-5-15(16)17-11(2)14-10-12-7-8-13(14)9-12/h7-8,11-17H,3-6,9-10H2,1-2H3. The van der Waals surface area contributed by atoms with Gasteiger partial charge >= 0.3 is 0 Å². The van der Waals surface area contributed by atoms with E-state index in [9.17, 15) is 0 Å². The first kappa shape index (κ1) is 13.1. The van der Waals surface area contributed by atoms with Crippen LogP contribution in [0.3, 0.4) is 0 Å². The molecule has 2 bridgehead atoms. The van der Waals surface area contributed by atoms with E-state index in [4.69, 9.17) is 0 Å². The third-order valence-electron chi connectivity index (χ3n) is 5.28. The van der Waals surface area contributed by atoms with Crippen molar-refractivity contribution < 1.29 is 0 Å². The van der Waals surface area contributed by atoms with E-state index in [1.165, 1.54) is 37.9 Å². The van der Waals surface area contributed by atoms with Gasteiger partial charge in [0.1, 0.15) is 0 Å². The lowest BCUT2D eigenvalue weighted by Gasteiger charge is -2.31. The van der Waals surface area contributed by atoms with E-state index in [1.807, 2.05) is 0 Å². The van der Waals surface area contributed by atoms with E-state index in [-0.39, 0.29) is 0 Å². The van der Waals surface area contributed by atoms with Gasteiger partial charge in [0.15, 0.2) is 0 Å². The molecule has 0 aromatic heterocycles. The zero-order valence-corrected chi connectivity index (χ0v) is 12.6. The molecule has 0 amide bonds. The van der Waals surface area contributed by atoms with Crippen LogP contribution in [0.25, 0.3) is 0 Å². The van der Waals surface area contributed by atoms with Crippen molar-refractivity contribution in [1.29, 1.82) is 0 Å². The number of thioether (sulfide) groups is 1. The number of fused-ring (bicyclic) bond motifs is 2. The summed E-state index contributed by atoms with van der Waals surface area (Å²) in [4.78, 5) is 0. The first-order chi connectivity index (χ1) is 8.78. The summed E-state index contributed by atoms with van der Waals surface area (Å²) >= 11 is 2.17. The van der Waals surface area contributed by atoms with Crippen molar-refractivity contribution in [3.63, 3.8) is 0 Å². The van der Waals surface area contributed by atoms with Gasteiger partial charge in [-0.25, -0.2) is 0 Å². The molecule has 6 atom stereocenters. The predicted octanol–water partition coefficient (Wildman–Crippen LogP) is 3.85. The first-order valence-corrected chi connectivity index (χ1v) is 8.88. The van der Waals surface area contributed by atoms with Crippen LogP contribution in [0.4, 0.5) is 0 Å². The van der Waals surface area contributed by atoms with Crippen molar-refractivity contribution in [2.75, 3.05) is 5.75 Å². The molecule has 0 aromatic carbocycles. The van der Waals surface area contributed by atoms with Crippen LogP contribution in [0.5, 0.6) is 0 Å². The summed E-state index contributed by atoms with van der Waals surface area (Å²) in [7, 11) is 0. The van der Waals surface area contributed by atoms with Crippen LogP contribution in [-0.4, -0.2) is 23.1 Å². The molecule has 102 valence electrons. The highest BCUT2D eigenvalue weighted by Gasteiger charge is 2.39. The monoisotopic (exact) mass is 265 g/mol. The molecule has 0 aromatic rings. The fourth-order valence-corrected chi connectivity index (χ4v) is 5.60. The van der Waals surface area contributed by atoms with Crippen LogP contribution >= 0.6 is 11.8 Å². The van der Waals surface area contributed by atoms with Gasteiger partial charge in [-0.05, 0) is 56.1 Å². The number of allylic oxidation sites excluding steroid dienone is 2. The lowest BCUT2D eigenvalue weighted by atomic mass is 9.87. The molecule has 0 saturated heterocycles. The molecule has 3 aliphatic rings. The average Bonchev–Trinajstić information content (AvgIpc) is 3.06. The second-order valence-corrected chi connectivity index (χ2v) is 7.95. The number of hydrogen-bond donors (Lipinski definition) is 1. The molecule has 3 rings (SSSR count). The van der Waals surface area contributed by atoms with Gasteiger partial charge in [-0.1, -0.05) is 25.5 Å². The molecule has 2 fully saturated rings. The minimum atomic E-state index is 0.716. The first-order valence-electron chi connectivity index (χ1n) is 7.84. The largest absolute Gasteiger partial charge is 0.310 e. The zero-order chi connectivity index (χ0) is 12.5. The molecule has 6 unspecified atom stereocenters. The highest BCUT2D eigenvalue weighted by molar-refractivity contribution is 7.99. The van der Waals surface area contributed by atoms with Gasteiger partial charge in [-0.3, -0.25) is 0 Å². The van der Waals surface area contributed by atoms with E-state index in [1.54, 1.807) is 0 Å². The summed E-state index contributed by atoms with van der Waals surface area (Å²) < 4.78 is 0. The number of rotatable bonds is 5. The molecular weight excluding hydrogens is 238 g/mol. The Balaban J connectivity index is 1.54. The van der Waals surface area contributed by atoms with Crippen molar-refractivity contribution >= 4 is 11.8 Å². The van der Waals surface area contributed by atoms with Crippen molar-refractivity contribution in [2.24, 2.45) is 17.8 Å². The molecule has 0 radical (unpaired) electrons. The highest BCUT2D eigenvalue weighted by atomic mass is 32.2. The van der Waals surface area contributed by atoms with Crippen LogP contribution in [-0.2, 0) is 0 Å². The Hall–Kier alpha value is 0.0500. The van der Waals surface area contributed by atoms with E-state index >= 15 is 0 Å². The molecule has 18 heavy (non-hydrogen) atoms. The molecule has 1 nitrogen and oxygen atoms in total.